The van der Waals surface area contributed by atoms with Crippen molar-refractivity contribution in [2.75, 3.05) is 12.4 Å². The number of rotatable bonds is 6. The number of nitrogens with zero attached hydrogens (tertiary/aromatic N) is 2. The molecule has 0 atom stereocenters. The van der Waals surface area contributed by atoms with Crippen LogP contribution in [-0.2, 0) is 11.2 Å². The number of hydrogen-bond donors (Lipinski definition) is 1. The van der Waals surface area contributed by atoms with Gasteiger partial charge in [0.1, 0.15) is 10.8 Å². The van der Waals surface area contributed by atoms with Gasteiger partial charge in [-0.1, -0.05) is 42.7 Å². The molecule has 5 nitrogen and oxygen atoms in total. The number of benzene rings is 1. The van der Waals surface area contributed by atoms with Crippen molar-refractivity contribution < 1.29 is 9.53 Å². The summed E-state index contributed by atoms with van der Waals surface area (Å²) < 4.78 is 5.13. The van der Waals surface area contributed by atoms with E-state index in [4.69, 9.17) is 4.74 Å². The van der Waals surface area contributed by atoms with Crippen molar-refractivity contribution in [2.45, 2.75) is 50.9 Å². The van der Waals surface area contributed by atoms with Gasteiger partial charge in [-0.05, 0) is 37.0 Å². The van der Waals surface area contributed by atoms with E-state index in [0.29, 0.717) is 23.9 Å². The van der Waals surface area contributed by atoms with Crippen LogP contribution in [0.1, 0.15) is 55.0 Å². The van der Waals surface area contributed by atoms with E-state index in [0.717, 1.165) is 16.3 Å². The molecule has 1 aliphatic rings. The predicted molar refractivity (Wildman–Crippen MR) is 95.7 cm³/mol. The van der Waals surface area contributed by atoms with E-state index in [-0.39, 0.29) is 5.91 Å². The smallest absolute Gasteiger partial charge is 0.226 e. The minimum Gasteiger partial charge on any atom is -0.497 e. The van der Waals surface area contributed by atoms with E-state index < -0.39 is 0 Å². The highest BCUT2D eigenvalue weighted by Gasteiger charge is 2.20. The molecule has 1 fully saturated rings. The summed E-state index contributed by atoms with van der Waals surface area (Å²) in [6.45, 7) is 0. The Balaban J connectivity index is 1.48. The number of aryl methyl sites for hydroxylation is 1. The summed E-state index contributed by atoms with van der Waals surface area (Å²) in [5, 5.41) is 13.0. The van der Waals surface area contributed by atoms with Crippen molar-refractivity contribution >= 4 is 22.4 Å². The third-order valence-electron chi connectivity index (χ3n) is 4.44. The van der Waals surface area contributed by atoms with Gasteiger partial charge in [0.2, 0.25) is 11.0 Å². The molecule has 0 bridgehead atoms. The van der Waals surface area contributed by atoms with Gasteiger partial charge in [-0.25, -0.2) is 0 Å². The molecule has 0 unspecified atom stereocenters. The number of amides is 1. The van der Waals surface area contributed by atoms with Gasteiger partial charge in [0.15, 0.2) is 0 Å². The van der Waals surface area contributed by atoms with Gasteiger partial charge in [0.25, 0.3) is 0 Å². The number of hydrogen-bond acceptors (Lipinski definition) is 5. The van der Waals surface area contributed by atoms with Crippen LogP contribution in [0.5, 0.6) is 5.75 Å². The van der Waals surface area contributed by atoms with Crippen LogP contribution in [0.25, 0.3) is 0 Å². The van der Waals surface area contributed by atoms with Crippen molar-refractivity contribution in [3.8, 4) is 5.75 Å². The molecule has 0 radical (unpaired) electrons. The number of carbonyl (C=O) groups excluding carboxylic acids is 1. The second kappa shape index (κ2) is 8.24. The summed E-state index contributed by atoms with van der Waals surface area (Å²) in [5.74, 6) is 1.34. The Morgan fingerprint density at radius 1 is 1.21 bits per heavy atom. The lowest BCUT2D eigenvalue weighted by molar-refractivity contribution is -0.116. The van der Waals surface area contributed by atoms with Crippen molar-refractivity contribution in [1.82, 2.24) is 10.2 Å². The lowest BCUT2D eigenvalue weighted by Crippen LogP contribution is -2.12. The van der Waals surface area contributed by atoms with Crippen molar-refractivity contribution in [3.05, 3.63) is 34.8 Å². The van der Waals surface area contributed by atoms with E-state index in [1.165, 1.54) is 43.4 Å². The Hall–Kier alpha value is -1.95. The van der Waals surface area contributed by atoms with Crippen LogP contribution < -0.4 is 10.1 Å². The van der Waals surface area contributed by atoms with Crippen molar-refractivity contribution in [2.24, 2.45) is 0 Å². The second-order valence-corrected chi connectivity index (χ2v) is 7.19. The normalized spacial score (nSPS) is 15.2. The second-order valence-electron chi connectivity index (χ2n) is 6.18. The highest BCUT2D eigenvalue weighted by Crippen LogP contribution is 2.35. The van der Waals surface area contributed by atoms with Gasteiger partial charge in [-0.3, -0.25) is 4.79 Å². The Labute approximate surface area is 146 Å². The first kappa shape index (κ1) is 16.9. The number of carbonyl (C=O) groups is 1. The van der Waals surface area contributed by atoms with E-state index in [9.17, 15) is 4.79 Å². The molecule has 0 saturated heterocycles. The molecule has 0 aliphatic heterocycles. The number of aromatic nitrogens is 2. The maximum atomic E-state index is 12.1. The summed E-state index contributed by atoms with van der Waals surface area (Å²) in [5.41, 5.74) is 1.12. The Morgan fingerprint density at radius 3 is 2.67 bits per heavy atom. The van der Waals surface area contributed by atoms with E-state index in [1.807, 2.05) is 24.3 Å². The zero-order chi connectivity index (χ0) is 16.8. The number of ether oxygens (including phenoxy) is 1. The summed E-state index contributed by atoms with van der Waals surface area (Å²) in [6.07, 6.45) is 7.39. The predicted octanol–water partition coefficient (Wildman–Crippen LogP) is 4.17. The highest BCUT2D eigenvalue weighted by molar-refractivity contribution is 7.15. The fourth-order valence-electron chi connectivity index (χ4n) is 3.03. The first-order chi connectivity index (χ1) is 11.7. The first-order valence-corrected chi connectivity index (χ1v) is 9.32. The lowest BCUT2D eigenvalue weighted by atomic mass is 9.90. The van der Waals surface area contributed by atoms with Gasteiger partial charge in [-0.15, -0.1) is 10.2 Å². The highest BCUT2D eigenvalue weighted by atomic mass is 32.1. The molecule has 6 heteroatoms. The Morgan fingerprint density at radius 2 is 1.96 bits per heavy atom. The topological polar surface area (TPSA) is 64.1 Å². The molecular weight excluding hydrogens is 322 g/mol. The molecule has 1 heterocycles. The number of anilines is 1. The maximum absolute atomic E-state index is 12.1. The van der Waals surface area contributed by atoms with Gasteiger partial charge in [0.05, 0.1) is 7.11 Å². The van der Waals surface area contributed by atoms with Crippen LogP contribution in [0.4, 0.5) is 5.13 Å². The summed E-state index contributed by atoms with van der Waals surface area (Å²) >= 11 is 1.52. The fourth-order valence-corrected chi connectivity index (χ4v) is 3.96. The van der Waals surface area contributed by atoms with E-state index >= 15 is 0 Å². The zero-order valence-electron chi connectivity index (χ0n) is 14.0. The Kier molecular flexibility index (Phi) is 5.80. The number of nitrogens with one attached hydrogen (secondary N) is 1. The molecule has 1 aliphatic carbocycles. The van der Waals surface area contributed by atoms with E-state index in [1.54, 1.807) is 7.11 Å². The van der Waals surface area contributed by atoms with Gasteiger partial charge in [-0.2, -0.15) is 0 Å². The third-order valence-corrected chi connectivity index (χ3v) is 5.44. The largest absolute Gasteiger partial charge is 0.497 e. The average molecular weight is 345 g/mol. The van der Waals surface area contributed by atoms with Gasteiger partial charge >= 0.3 is 0 Å². The summed E-state index contributed by atoms with van der Waals surface area (Å²) in [7, 11) is 1.64. The third kappa shape index (κ3) is 4.54. The molecule has 1 aromatic heterocycles. The molecule has 1 aromatic carbocycles. The molecule has 2 aromatic rings. The van der Waals surface area contributed by atoms with Gasteiger partial charge in [0, 0.05) is 12.3 Å². The lowest BCUT2D eigenvalue weighted by Gasteiger charge is -2.18. The quantitative estimate of drug-likeness (QED) is 0.853. The van der Waals surface area contributed by atoms with Crippen LogP contribution in [-0.4, -0.2) is 23.2 Å². The Bertz CT molecular complexity index is 663. The van der Waals surface area contributed by atoms with Crippen molar-refractivity contribution in [1.29, 1.82) is 0 Å². The first-order valence-electron chi connectivity index (χ1n) is 8.51. The number of methoxy groups -OCH3 is 1. The van der Waals surface area contributed by atoms with Crippen LogP contribution in [0, 0.1) is 0 Å². The molecule has 0 spiro atoms. The molecule has 3 rings (SSSR count). The average Bonchev–Trinajstić information content (AvgIpc) is 3.09. The van der Waals surface area contributed by atoms with E-state index in [2.05, 4.69) is 15.5 Å². The van der Waals surface area contributed by atoms with Crippen LogP contribution in [0.3, 0.4) is 0 Å². The van der Waals surface area contributed by atoms with Crippen molar-refractivity contribution in [3.63, 3.8) is 0 Å². The fraction of sp³-hybridized carbons (Fsp3) is 0.500. The van der Waals surface area contributed by atoms with Gasteiger partial charge < -0.3 is 10.1 Å². The minimum absolute atomic E-state index is 0.0165. The zero-order valence-corrected chi connectivity index (χ0v) is 14.8. The summed E-state index contributed by atoms with van der Waals surface area (Å²) in [4.78, 5) is 12.1. The monoisotopic (exact) mass is 345 g/mol. The standard InChI is InChI=1S/C18H23N3O2S/c1-23-15-10-7-13(8-11-15)9-12-16(22)19-18-21-20-17(24-18)14-5-3-2-4-6-14/h7-8,10-11,14H,2-6,9,12H2,1H3,(H,19,21,22). The molecular formula is C18H23N3O2S. The van der Waals surface area contributed by atoms with Crippen LogP contribution in [0.2, 0.25) is 0 Å². The molecule has 1 saturated carbocycles. The molecule has 24 heavy (non-hydrogen) atoms. The molecule has 1 amide bonds. The SMILES string of the molecule is COc1ccc(CCC(=O)Nc2nnc(C3CCCCC3)s2)cc1. The minimum atomic E-state index is -0.0165. The summed E-state index contributed by atoms with van der Waals surface area (Å²) in [6, 6.07) is 7.79. The maximum Gasteiger partial charge on any atom is 0.226 e. The molecule has 128 valence electrons. The van der Waals surface area contributed by atoms with Crippen LogP contribution >= 0.6 is 11.3 Å². The molecule has 1 N–H and O–H groups in total. The van der Waals surface area contributed by atoms with Crippen LogP contribution in [0.15, 0.2) is 24.3 Å².